The molecule has 1 fully saturated rings. The number of allylic oxidation sites excluding steroid dienone is 2. The maximum absolute atomic E-state index is 15.3. The fourth-order valence-electron chi connectivity index (χ4n) is 11.2. The highest BCUT2D eigenvalue weighted by Gasteiger charge is 2.48. The first kappa shape index (κ1) is 82.3. The Labute approximate surface area is 542 Å². The van der Waals surface area contributed by atoms with Gasteiger partial charge in [0.1, 0.15) is 60.4 Å². The molecule has 11 amide bonds. The van der Waals surface area contributed by atoms with Crippen molar-refractivity contribution < 1.29 is 72.1 Å². The Morgan fingerprint density at radius 3 is 1.41 bits per heavy atom. The van der Waals surface area contributed by atoms with E-state index in [4.69, 9.17) is 9.47 Å². The number of nitrogens with one attached hydrogen (secondary N) is 4. The van der Waals surface area contributed by atoms with Crippen LogP contribution in [-0.2, 0) is 67.0 Å². The number of aliphatic hydroxyl groups is 1. The number of aliphatic hydroxyl groups excluding tert-OH is 1. The van der Waals surface area contributed by atoms with E-state index >= 15 is 24.0 Å². The van der Waals surface area contributed by atoms with Crippen molar-refractivity contribution in [1.29, 1.82) is 0 Å². The minimum Gasteiger partial charge on any atom is -0.467 e. The number of esters is 1. The summed E-state index contributed by atoms with van der Waals surface area (Å²) in [4.78, 5) is 184. The Hall–Kier alpha value is -6.70. The van der Waals surface area contributed by atoms with Crippen molar-refractivity contribution in [2.45, 2.75) is 234 Å². The van der Waals surface area contributed by atoms with Crippen LogP contribution < -0.4 is 21.3 Å². The van der Waals surface area contributed by atoms with Gasteiger partial charge >= 0.3 is 5.97 Å². The normalized spacial score (nSPS) is 26.8. The Morgan fingerprint density at radius 1 is 0.516 bits per heavy atom. The zero-order valence-electron chi connectivity index (χ0n) is 59.6. The van der Waals surface area contributed by atoms with Gasteiger partial charge in [0.2, 0.25) is 65.1 Å². The van der Waals surface area contributed by atoms with Gasteiger partial charge in [0.05, 0.1) is 18.8 Å². The van der Waals surface area contributed by atoms with Crippen LogP contribution in [0.15, 0.2) is 12.2 Å². The molecule has 13 atom stereocenters. The van der Waals surface area contributed by atoms with Gasteiger partial charge in [-0.15, -0.1) is 0 Å². The van der Waals surface area contributed by atoms with Crippen LogP contribution >= 0.6 is 0 Å². The summed E-state index contributed by atoms with van der Waals surface area (Å²) < 4.78 is 10.8. The molecule has 0 spiro atoms. The van der Waals surface area contributed by atoms with Gasteiger partial charge in [-0.05, 0) is 102 Å². The molecule has 520 valence electrons. The number of likely N-dealkylation sites (N-methyl/N-ethyl adjacent to an activating group) is 7. The number of methoxy groups -OCH3 is 2. The molecule has 26 heteroatoms. The van der Waals surface area contributed by atoms with E-state index in [1.807, 2.05) is 41.5 Å². The van der Waals surface area contributed by atoms with Crippen molar-refractivity contribution in [2.75, 3.05) is 63.6 Å². The molecule has 5 N–H and O–H groups in total. The number of amides is 11. The van der Waals surface area contributed by atoms with Crippen LogP contribution in [0.4, 0.5) is 0 Å². The van der Waals surface area contributed by atoms with Gasteiger partial charge < -0.3 is 70.1 Å². The predicted octanol–water partition coefficient (Wildman–Crippen LogP) is 2.58. The molecule has 0 aromatic heterocycles. The summed E-state index contributed by atoms with van der Waals surface area (Å²) in [6, 6.07) is -15.7. The monoisotopic (exact) mass is 1290 g/mol. The zero-order valence-corrected chi connectivity index (χ0v) is 59.6. The van der Waals surface area contributed by atoms with Gasteiger partial charge in [0.25, 0.3) is 5.91 Å². The van der Waals surface area contributed by atoms with Crippen molar-refractivity contribution in [2.24, 2.45) is 35.5 Å². The molecule has 0 bridgehead atoms. The fraction of sp³-hybridized carbons (Fsp3) is 0.785. The minimum atomic E-state index is -2.09. The first-order valence-electron chi connectivity index (χ1n) is 31.9. The first-order chi connectivity index (χ1) is 41.9. The maximum atomic E-state index is 15.3. The van der Waals surface area contributed by atoms with Gasteiger partial charge in [0, 0.05) is 62.9 Å². The molecule has 0 aromatic rings. The van der Waals surface area contributed by atoms with E-state index in [9.17, 15) is 38.7 Å². The molecule has 0 aliphatic carbocycles. The highest BCUT2D eigenvalue weighted by atomic mass is 16.5. The molecule has 91 heavy (non-hydrogen) atoms. The third-order valence-electron chi connectivity index (χ3n) is 17.2. The lowest BCUT2D eigenvalue weighted by molar-refractivity contribution is -0.162. The Kier molecular flexibility index (Phi) is 33.0. The van der Waals surface area contributed by atoms with Crippen LogP contribution in [0.1, 0.15) is 156 Å². The third kappa shape index (κ3) is 22.3. The molecule has 1 saturated heterocycles. The van der Waals surface area contributed by atoms with Crippen LogP contribution in [0.25, 0.3) is 0 Å². The van der Waals surface area contributed by atoms with Crippen LogP contribution in [0, 0.1) is 35.5 Å². The van der Waals surface area contributed by atoms with Crippen molar-refractivity contribution in [3.05, 3.63) is 12.2 Å². The number of rotatable bonds is 17. The van der Waals surface area contributed by atoms with Gasteiger partial charge in [-0.1, -0.05) is 95.2 Å². The van der Waals surface area contributed by atoms with Crippen LogP contribution in [0.5, 0.6) is 0 Å². The fourth-order valence-corrected chi connectivity index (χ4v) is 11.2. The number of nitrogens with zero attached hydrogens (tertiary/aromatic N) is 7. The van der Waals surface area contributed by atoms with Gasteiger partial charge in [-0.25, -0.2) is 4.79 Å². The highest BCUT2D eigenvalue weighted by molar-refractivity contribution is 6.07. The van der Waals surface area contributed by atoms with Gasteiger partial charge in [-0.2, -0.15) is 0 Å². The van der Waals surface area contributed by atoms with Crippen LogP contribution in [-0.4, -0.2) is 252 Å². The SMILES string of the molecule is CC=CC[C@@H](C)[C@@H](O)[C@H]1C(=O)N[C@@H](CC)C(=O)N(C)C(C(=O)OC)C(=O)N(C)[C@@H](CC(C)(C)OC)C(=O)N[C@@H](C(C)C)C(=O)N(C)[C@@H](CC(C)C)C(=O)N[C@@H](C)C(=O)N[C@H](C)C(=O)N(C)[C@@H](CC(C)C)C(=O)N(C)[C@@H](CC(C)C)C(=O)N(C)[C@@H](C(C)C)C(=O)N1C. The third-order valence-corrected chi connectivity index (χ3v) is 17.2. The molecule has 0 aromatic carbocycles. The standard InChI is InChI=1S/C65H115N11O15/c1-27-29-30-40(13)52(77)50-56(81)68-43(28-2)58(83)76(24)51(64(89)90-25)63(88)73(21)47(34-65(16,17)91-26)55(80)69-48(38(9)10)61(86)70(18)44(31-35(3)4)54(79)66-41(14)53(78)67-42(15)57(82)71(19)45(32-36(5)6)59(84)72(20)46(33-37(7)8)60(85)74(22)49(39(11)12)62(87)75(50)23/h27,29,35-52,77H,28,30-34H2,1-26H3,(H,66,79)(H,67,78)(H,68,81)(H,69,80)/t40-,41+,42-,43+,44+,45+,46+,47+,48+,49+,50+,51?,52-/m1/s1. The molecule has 1 aliphatic heterocycles. The molecule has 1 aliphatic rings. The summed E-state index contributed by atoms with van der Waals surface area (Å²) >= 11 is 0. The van der Waals surface area contributed by atoms with E-state index in [0.29, 0.717) is 0 Å². The summed E-state index contributed by atoms with van der Waals surface area (Å²) in [5, 5.41) is 23.0. The number of carbonyl (C=O) groups is 12. The molecular formula is C65H115N11O15. The number of carbonyl (C=O) groups excluding carboxylic acids is 12. The molecule has 1 unspecified atom stereocenters. The summed E-state index contributed by atoms with van der Waals surface area (Å²) in [5.41, 5.74) is -1.15. The topological polar surface area (TPSA) is 314 Å². The molecule has 26 nitrogen and oxygen atoms in total. The van der Waals surface area contributed by atoms with Gasteiger partial charge in [0.15, 0.2) is 0 Å². The van der Waals surface area contributed by atoms with E-state index in [-0.39, 0.29) is 56.3 Å². The molecule has 1 rings (SSSR count). The molecule has 1 heterocycles. The maximum Gasteiger partial charge on any atom is 0.338 e. The van der Waals surface area contributed by atoms with Crippen molar-refractivity contribution in [3.63, 3.8) is 0 Å². The first-order valence-corrected chi connectivity index (χ1v) is 31.9. The number of hydrogen-bond acceptors (Lipinski definition) is 15. The smallest absolute Gasteiger partial charge is 0.338 e. The average Bonchev–Trinajstić information content (AvgIpc) is 0.831. The largest absolute Gasteiger partial charge is 0.467 e. The Morgan fingerprint density at radius 2 is 0.956 bits per heavy atom. The molecule has 0 radical (unpaired) electrons. The summed E-state index contributed by atoms with van der Waals surface area (Å²) in [5.74, 6) is -12.7. The van der Waals surface area contributed by atoms with E-state index in [0.717, 1.165) is 28.9 Å². The Bertz CT molecular complexity index is 2560. The van der Waals surface area contributed by atoms with E-state index < -0.39 is 167 Å². The molecule has 0 saturated carbocycles. The zero-order chi connectivity index (χ0) is 70.8. The second kappa shape index (κ2) is 36.5. The lowest BCUT2D eigenvalue weighted by Gasteiger charge is -2.41. The summed E-state index contributed by atoms with van der Waals surface area (Å²) in [6.07, 6.45) is 2.11. The lowest BCUT2D eigenvalue weighted by atomic mass is 9.91. The average molecular weight is 1290 g/mol. The van der Waals surface area contributed by atoms with Crippen LogP contribution in [0.3, 0.4) is 0 Å². The van der Waals surface area contributed by atoms with Crippen molar-refractivity contribution in [1.82, 2.24) is 55.6 Å². The predicted molar refractivity (Wildman–Crippen MR) is 346 cm³/mol. The lowest BCUT2D eigenvalue weighted by Crippen LogP contribution is -2.64. The highest BCUT2D eigenvalue weighted by Crippen LogP contribution is 2.27. The Balaban J connectivity index is 4.56. The second-order valence-electron chi connectivity index (χ2n) is 27.3. The van der Waals surface area contributed by atoms with Gasteiger partial charge in [-0.3, -0.25) is 52.7 Å². The minimum absolute atomic E-state index is 0.0954. The van der Waals surface area contributed by atoms with Crippen molar-refractivity contribution in [3.8, 4) is 0 Å². The number of hydrogen-bond donors (Lipinski definition) is 5. The summed E-state index contributed by atoms with van der Waals surface area (Å²) in [7, 11) is 11.7. The van der Waals surface area contributed by atoms with Crippen molar-refractivity contribution >= 4 is 70.9 Å². The number of ether oxygens (including phenoxy) is 2. The van der Waals surface area contributed by atoms with Crippen LogP contribution in [0.2, 0.25) is 0 Å². The van der Waals surface area contributed by atoms with E-state index in [2.05, 4.69) is 21.3 Å². The summed E-state index contributed by atoms with van der Waals surface area (Å²) in [6.45, 7) is 28.9. The quantitative estimate of drug-likeness (QED) is 0.0794. The van der Waals surface area contributed by atoms with E-state index in [1.165, 1.54) is 82.8 Å². The van der Waals surface area contributed by atoms with E-state index in [1.54, 1.807) is 74.5 Å². The second-order valence-corrected chi connectivity index (χ2v) is 27.3. The molecular weight excluding hydrogens is 1170 g/mol.